The Bertz CT molecular complexity index is 743. The molecule has 0 N–H and O–H groups in total. The van der Waals surface area contributed by atoms with Crippen LogP contribution >= 0.6 is 11.3 Å². The molecule has 1 aliphatic heterocycles. The molecule has 0 radical (unpaired) electrons. The molecule has 1 aromatic heterocycles. The van der Waals surface area contributed by atoms with E-state index in [1.165, 1.54) is 9.71 Å². The second-order valence-corrected chi connectivity index (χ2v) is 9.78. The zero-order valence-electron chi connectivity index (χ0n) is 14.2. The molecule has 3 nitrogen and oxygen atoms in total. The number of nitrogens with zero attached hydrogens (tertiary/aromatic N) is 1. The van der Waals surface area contributed by atoms with E-state index in [1.807, 2.05) is 11.3 Å². The van der Waals surface area contributed by atoms with Crippen molar-refractivity contribution in [2.45, 2.75) is 68.9 Å². The van der Waals surface area contributed by atoms with Crippen LogP contribution < -0.4 is 0 Å². The van der Waals surface area contributed by atoms with E-state index >= 15 is 0 Å². The van der Waals surface area contributed by atoms with Crippen LogP contribution in [0.2, 0.25) is 5.31 Å². The Morgan fingerprint density at radius 1 is 1.00 bits per heavy atom. The van der Waals surface area contributed by atoms with Gasteiger partial charge in [-0.15, -0.1) is 11.3 Å². The number of hydrogen-bond acceptors (Lipinski definition) is 4. The SMILES string of the molecule is CC1(C)OB(C23CC(c4nc5ccccc5s4)(C2)C3)OC1(C)C. The van der Waals surface area contributed by atoms with Crippen molar-refractivity contribution in [3.8, 4) is 0 Å². The van der Waals surface area contributed by atoms with E-state index in [-0.39, 0.29) is 23.6 Å². The van der Waals surface area contributed by atoms with Crippen molar-refractivity contribution in [3.63, 3.8) is 0 Å². The number of hydrogen-bond donors (Lipinski definition) is 0. The zero-order chi connectivity index (χ0) is 16.1. The highest BCUT2D eigenvalue weighted by molar-refractivity contribution is 7.18. The van der Waals surface area contributed by atoms with Crippen molar-refractivity contribution in [2.24, 2.45) is 0 Å². The van der Waals surface area contributed by atoms with Gasteiger partial charge < -0.3 is 9.31 Å². The predicted molar refractivity (Wildman–Crippen MR) is 93.9 cm³/mol. The lowest BCUT2D eigenvalue weighted by Crippen LogP contribution is -2.66. The fourth-order valence-corrected chi connectivity index (χ4v) is 5.69. The van der Waals surface area contributed by atoms with Crippen LogP contribution in [0, 0.1) is 0 Å². The first-order valence-corrected chi connectivity index (χ1v) is 9.29. The van der Waals surface area contributed by atoms with Crippen LogP contribution in [0.4, 0.5) is 0 Å². The summed E-state index contributed by atoms with van der Waals surface area (Å²) in [6, 6.07) is 8.45. The van der Waals surface area contributed by atoms with E-state index in [4.69, 9.17) is 14.3 Å². The van der Waals surface area contributed by atoms with Crippen LogP contribution in [0.15, 0.2) is 24.3 Å². The van der Waals surface area contributed by atoms with E-state index in [0.29, 0.717) is 5.41 Å². The molecular weight excluding hydrogens is 305 g/mol. The molecule has 0 amide bonds. The van der Waals surface area contributed by atoms with Crippen LogP contribution in [0.1, 0.15) is 52.0 Å². The molecule has 6 rings (SSSR count). The standard InChI is InChI=1S/C18H22BNO2S/c1-15(2)16(3,4)22-19(21-15)18-9-17(10-18,11-18)14-20-12-7-5-6-8-13(12)23-14/h5-8H,9-11H2,1-4H3. The van der Waals surface area contributed by atoms with Gasteiger partial charge in [0, 0.05) is 10.7 Å². The molecule has 5 heteroatoms. The number of fused-ring (bicyclic) bond motifs is 1. The van der Waals surface area contributed by atoms with Gasteiger partial charge in [-0.25, -0.2) is 4.98 Å². The van der Waals surface area contributed by atoms with Crippen LogP contribution in [-0.4, -0.2) is 23.3 Å². The summed E-state index contributed by atoms with van der Waals surface area (Å²) >= 11 is 1.87. The second-order valence-electron chi connectivity index (χ2n) is 8.75. The van der Waals surface area contributed by atoms with Gasteiger partial charge in [-0.05, 0) is 59.1 Å². The molecule has 1 aromatic carbocycles. The van der Waals surface area contributed by atoms with Gasteiger partial charge in [0.25, 0.3) is 0 Å². The summed E-state index contributed by atoms with van der Waals surface area (Å²) in [6.45, 7) is 8.56. The molecule has 2 heterocycles. The van der Waals surface area contributed by atoms with Crippen molar-refractivity contribution >= 4 is 28.7 Å². The number of benzene rings is 1. The number of para-hydroxylation sites is 1. The van der Waals surface area contributed by atoms with E-state index in [9.17, 15) is 0 Å². The Hall–Kier alpha value is -0.905. The number of rotatable bonds is 2. The topological polar surface area (TPSA) is 31.4 Å². The lowest BCUT2D eigenvalue weighted by Gasteiger charge is -2.70. The Morgan fingerprint density at radius 2 is 1.61 bits per heavy atom. The molecule has 1 saturated heterocycles. The summed E-state index contributed by atoms with van der Waals surface area (Å²) in [4.78, 5) is 4.90. The van der Waals surface area contributed by atoms with Crippen LogP contribution in [-0.2, 0) is 14.7 Å². The first kappa shape index (κ1) is 14.4. The monoisotopic (exact) mass is 327 g/mol. The van der Waals surface area contributed by atoms with Crippen molar-refractivity contribution in [1.29, 1.82) is 0 Å². The maximum atomic E-state index is 6.31. The molecule has 0 spiro atoms. The Balaban J connectivity index is 1.38. The molecule has 2 aromatic rings. The van der Waals surface area contributed by atoms with Crippen molar-refractivity contribution < 1.29 is 9.31 Å². The third kappa shape index (κ3) is 1.71. The smallest absolute Gasteiger partial charge is 0.403 e. The van der Waals surface area contributed by atoms with Gasteiger partial charge in [-0.2, -0.15) is 0 Å². The molecule has 4 aliphatic rings. The number of aromatic nitrogens is 1. The van der Waals surface area contributed by atoms with Crippen LogP contribution in [0.5, 0.6) is 0 Å². The molecule has 23 heavy (non-hydrogen) atoms. The minimum atomic E-state index is -0.226. The molecule has 4 fully saturated rings. The predicted octanol–water partition coefficient (Wildman–Crippen LogP) is 4.56. The maximum Gasteiger partial charge on any atom is 0.464 e. The summed E-state index contributed by atoms with van der Waals surface area (Å²) in [5.41, 5.74) is 0.987. The molecule has 0 atom stereocenters. The van der Waals surface area contributed by atoms with Gasteiger partial charge in [0.05, 0.1) is 26.4 Å². The molecule has 3 saturated carbocycles. The molecule has 2 bridgehead atoms. The van der Waals surface area contributed by atoms with Crippen molar-refractivity contribution in [2.75, 3.05) is 0 Å². The summed E-state index contributed by atoms with van der Waals surface area (Å²) in [6.07, 6.45) is 3.49. The average molecular weight is 327 g/mol. The average Bonchev–Trinajstić information content (AvgIpc) is 2.85. The Labute approximate surface area is 141 Å². The first-order chi connectivity index (χ1) is 10.8. The fraction of sp³-hybridized carbons (Fsp3) is 0.611. The minimum Gasteiger partial charge on any atom is -0.403 e. The zero-order valence-corrected chi connectivity index (χ0v) is 15.0. The van der Waals surface area contributed by atoms with Crippen molar-refractivity contribution in [1.82, 2.24) is 4.98 Å². The highest BCUT2D eigenvalue weighted by Gasteiger charge is 2.77. The highest BCUT2D eigenvalue weighted by atomic mass is 32.1. The molecule has 120 valence electrons. The fourth-order valence-electron chi connectivity index (χ4n) is 4.54. The summed E-state index contributed by atoms with van der Waals surface area (Å²) < 4.78 is 13.9. The lowest BCUT2D eigenvalue weighted by atomic mass is 9.24. The highest BCUT2D eigenvalue weighted by Crippen LogP contribution is 2.81. The van der Waals surface area contributed by atoms with Gasteiger partial charge >= 0.3 is 7.12 Å². The molecule has 0 unspecified atom stereocenters. The van der Waals surface area contributed by atoms with Crippen LogP contribution in [0.25, 0.3) is 10.2 Å². The summed E-state index contributed by atoms with van der Waals surface area (Å²) in [5.74, 6) is 0. The Morgan fingerprint density at radius 3 is 2.22 bits per heavy atom. The van der Waals surface area contributed by atoms with Gasteiger partial charge in [-0.3, -0.25) is 0 Å². The molecular formula is C18H22BNO2S. The summed E-state index contributed by atoms with van der Waals surface area (Å²) in [5, 5.41) is 1.54. The first-order valence-electron chi connectivity index (χ1n) is 8.47. The summed E-state index contributed by atoms with van der Waals surface area (Å²) in [7, 11) is -0.0521. The maximum absolute atomic E-state index is 6.31. The minimum absolute atomic E-state index is 0.0521. The van der Waals surface area contributed by atoms with Crippen LogP contribution in [0.3, 0.4) is 0 Å². The van der Waals surface area contributed by atoms with Gasteiger partial charge in [0.2, 0.25) is 0 Å². The second kappa shape index (κ2) is 4.01. The largest absolute Gasteiger partial charge is 0.464 e. The Kier molecular flexibility index (Phi) is 2.52. The lowest BCUT2D eigenvalue weighted by molar-refractivity contribution is -0.0383. The van der Waals surface area contributed by atoms with Gasteiger partial charge in [-0.1, -0.05) is 12.1 Å². The van der Waals surface area contributed by atoms with Crippen molar-refractivity contribution in [3.05, 3.63) is 29.3 Å². The van der Waals surface area contributed by atoms with Gasteiger partial charge in [0.1, 0.15) is 0 Å². The number of thiazole rings is 1. The van der Waals surface area contributed by atoms with Gasteiger partial charge in [0.15, 0.2) is 0 Å². The van der Waals surface area contributed by atoms with E-state index in [0.717, 1.165) is 24.8 Å². The van der Waals surface area contributed by atoms with E-state index < -0.39 is 0 Å². The van der Waals surface area contributed by atoms with E-state index in [1.54, 1.807) is 0 Å². The van der Waals surface area contributed by atoms with E-state index in [2.05, 4.69) is 52.0 Å². The third-order valence-corrected chi connectivity index (χ3v) is 7.85. The quantitative estimate of drug-likeness (QED) is 0.758. The normalized spacial score (nSPS) is 36.8. The molecule has 3 aliphatic carbocycles. The third-order valence-electron chi connectivity index (χ3n) is 6.57.